The van der Waals surface area contributed by atoms with Gasteiger partial charge in [-0.1, -0.05) is 29.8 Å². The molecule has 3 aromatic rings. The van der Waals surface area contributed by atoms with Gasteiger partial charge >= 0.3 is 0 Å². The fraction of sp³-hybridized carbons (Fsp3) is 0.130. The third-order valence-electron chi connectivity index (χ3n) is 4.39. The molecule has 0 bridgehead atoms. The normalized spacial score (nSPS) is 10.2. The van der Waals surface area contributed by atoms with Crippen LogP contribution in [0.4, 0.5) is 11.4 Å². The smallest absolute Gasteiger partial charge is 0.255 e. The van der Waals surface area contributed by atoms with E-state index < -0.39 is 0 Å². The molecule has 0 unspecified atom stereocenters. The molecule has 0 aliphatic carbocycles. The predicted molar refractivity (Wildman–Crippen MR) is 111 cm³/mol. The first-order valence-electron chi connectivity index (χ1n) is 8.91. The Hall–Kier alpha value is -3.60. The lowest BCUT2D eigenvalue weighted by Crippen LogP contribution is -2.15. The van der Waals surface area contributed by atoms with E-state index in [0.29, 0.717) is 28.3 Å². The molecular weight excluding hydrogens is 352 g/mol. The topological polar surface area (TPSA) is 67.4 Å². The van der Waals surface area contributed by atoms with E-state index in [4.69, 9.17) is 4.74 Å². The Labute approximate surface area is 164 Å². The number of carbonyl (C=O) groups excluding carboxylic acids is 2. The van der Waals surface area contributed by atoms with E-state index in [-0.39, 0.29) is 11.8 Å². The Morgan fingerprint density at radius 2 is 1.54 bits per heavy atom. The standard InChI is InChI=1S/C23H22N2O3/c1-15-8-13-19(16(2)14-15)23(27)24-18-11-9-17(10-12-18)22(26)25-20-6-4-5-7-21(20)28-3/h4-14H,1-3H3,(H,24,27)(H,25,26). The minimum Gasteiger partial charge on any atom is -0.495 e. The number of hydrogen-bond donors (Lipinski definition) is 2. The van der Waals surface area contributed by atoms with Gasteiger partial charge in [-0.25, -0.2) is 0 Å². The number of benzene rings is 3. The number of ether oxygens (including phenoxy) is 1. The van der Waals surface area contributed by atoms with E-state index in [2.05, 4.69) is 10.6 Å². The third kappa shape index (κ3) is 4.38. The number of methoxy groups -OCH3 is 1. The van der Waals surface area contributed by atoms with Crippen LogP contribution in [0.3, 0.4) is 0 Å². The molecule has 0 aliphatic rings. The Kier molecular flexibility index (Phi) is 5.75. The van der Waals surface area contributed by atoms with Crippen molar-refractivity contribution in [1.82, 2.24) is 0 Å². The van der Waals surface area contributed by atoms with Crippen LogP contribution in [-0.2, 0) is 0 Å². The molecular formula is C23H22N2O3. The summed E-state index contributed by atoms with van der Waals surface area (Å²) < 4.78 is 5.24. The highest BCUT2D eigenvalue weighted by Crippen LogP contribution is 2.24. The zero-order chi connectivity index (χ0) is 20.1. The number of carbonyl (C=O) groups is 2. The molecule has 5 heteroatoms. The molecule has 142 valence electrons. The fourth-order valence-electron chi connectivity index (χ4n) is 2.91. The van der Waals surface area contributed by atoms with Gasteiger partial charge in [0.1, 0.15) is 5.75 Å². The summed E-state index contributed by atoms with van der Waals surface area (Å²) in [5.41, 5.74) is 4.37. The van der Waals surface area contributed by atoms with Gasteiger partial charge in [-0.05, 0) is 61.9 Å². The summed E-state index contributed by atoms with van der Waals surface area (Å²) in [6, 6.07) is 19.7. The second-order valence-electron chi connectivity index (χ2n) is 6.50. The van der Waals surface area contributed by atoms with Crippen LogP contribution in [0, 0.1) is 13.8 Å². The van der Waals surface area contributed by atoms with Gasteiger partial charge in [0.15, 0.2) is 0 Å². The molecule has 28 heavy (non-hydrogen) atoms. The molecule has 0 atom stereocenters. The minimum absolute atomic E-state index is 0.177. The first-order chi connectivity index (χ1) is 13.5. The Morgan fingerprint density at radius 3 is 2.21 bits per heavy atom. The highest BCUT2D eigenvalue weighted by molar-refractivity contribution is 6.07. The summed E-state index contributed by atoms with van der Waals surface area (Å²) >= 11 is 0. The molecule has 0 aliphatic heterocycles. The van der Waals surface area contributed by atoms with Crippen molar-refractivity contribution >= 4 is 23.2 Å². The highest BCUT2D eigenvalue weighted by Gasteiger charge is 2.12. The van der Waals surface area contributed by atoms with Crippen LogP contribution >= 0.6 is 0 Å². The maximum atomic E-state index is 12.5. The SMILES string of the molecule is COc1ccccc1NC(=O)c1ccc(NC(=O)c2ccc(C)cc2C)cc1. The van der Waals surface area contributed by atoms with Gasteiger partial charge in [-0.2, -0.15) is 0 Å². The highest BCUT2D eigenvalue weighted by atomic mass is 16.5. The van der Waals surface area contributed by atoms with Crippen LogP contribution in [0.1, 0.15) is 31.8 Å². The number of nitrogens with one attached hydrogen (secondary N) is 2. The van der Waals surface area contributed by atoms with Gasteiger partial charge in [0.25, 0.3) is 11.8 Å². The first-order valence-corrected chi connectivity index (χ1v) is 8.91. The summed E-state index contributed by atoms with van der Waals surface area (Å²) in [6.07, 6.45) is 0. The number of aryl methyl sites for hydroxylation is 2. The maximum absolute atomic E-state index is 12.5. The summed E-state index contributed by atoms with van der Waals surface area (Å²) in [4.78, 5) is 24.9. The van der Waals surface area contributed by atoms with E-state index >= 15 is 0 Å². The quantitative estimate of drug-likeness (QED) is 0.673. The molecule has 0 heterocycles. The monoisotopic (exact) mass is 374 g/mol. The number of amides is 2. The van der Waals surface area contributed by atoms with E-state index in [9.17, 15) is 9.59 Å². The second-order valence-corrected chi connectivity index (χ2v) is 6.50. The van der Waals surface area contributed by atoms with Crippen molar-refractivity contribution in [3.8, 4) is 5.75 Å². The molecule has 5 nitrogen and oxygen atoms in total. The number of para-hydroxylation sites is 2. The van der Waals surface area contributed by atoms with Gasteiger partial charge < -0.3 is 15.4 Å². The molecule has 3 rings (SSSR count). The first kappa shape index (κ1) is 19.2. The van der Waals surface area contributed by atoms with Gasteiger partial charge in [0.05, 0.1) is 12.8 Å². The number of rotatable bonds is 5. The molecule has 0 fully saturated rings. The summed E-state index contributed by atoms with van der Waals surface area (Å²) in [5.74, 6) is 0.161. The zero-order valence-corrected chi connectivity index (χ0v) is 16.1. The molecule has 2 amide bonds. The van der Waals surface area contributed by atoms with E-state index in [1.165, 1.54) is 0 Å². The number of anilines is 2. The summed E-state index contributed by atoms with van der Waals surface area (Å²) in [5, 5.41) is 5.69. The van der Waals surface area contributed by atoms with Gasteiger partial charge in [0.2, 0.25) is 0 Å². The van der Waals surface area contributed by atoms with Crippen LogP contribution in [0.25, 0.3) is 0 Å². The van der Waals surface area contributed by atoms with Crippen molar-refractivity contribution in [3.63, 3.8) is 0 Å². The average Bonchev–Trinajstić information content (AvgIpc) is 2.68. The fourth-order valence-corrected chi connectivity index (χ4v) is 2.91. The molecule has 0 radical (unpaired) electrons. The third-order valence-corrected chi connectivity index (χ3v) is 4.39. The maximum Gasteiger partial charge on any atom is 0.255 e. The lowest BCUT2D eigenvalue weighted by Gasteiger charge is -2.11. The van der Waals surface area contributed by atoms with E-state index in [0.717, 1.165) is 11.1 Å². The van der Waals surface area contributed by atoms with Crippen LogP contribution in [-0.4, -0.2) is 18.9 Å². The van der Waals surface area contributed by atoms with E-state index in [1.54, 1.807) is 43.5 Å². The van der Waals surface area contributed by atoms with Crippen molar-refractivity contribution in [2.45, 2.75) is 13.8 Å². The molecule has 2 N–H and O–H groups in total. The Bertz CT molecular complexity index is 1010. The number of hydrogen-bond acceptors (Lipinski definition) is 3. The van der Waals surface area contributed by atoms with Crippen molar-refractivity contribution in [3.05, 3.63) is 89.0 Å². The minimum atomic E-state index is -0.253. The van der Waals surface area contributed by atoms with Gasteiger partial charge in [0, 0.05) is 16.8 Å². The zero-order valence-electron chi connectivity index (χ0n) is 16.1. The van der Waals surface area contributed by atoms with Crippen LogP contribution < -0.4 is 15.4 Å². The van der Waals surface area contributed by atoms with E-state index in [1.807, 2.05) is 44.2 Å². The summed E-state index contributed by atoms with van der Waals surface area (Å²) in [7, 11) is 1.55. The molecule has 0 spiro atoms. The van der Waals surface area contributed by atoms with Crippen molar-refractivity contribution < 1.29 is 14.3 Å². The van der Waals surface area contributed by atoms with Gasteiger partial charge in [-0.15, -0.1) is 0 Å². The van der Waals surface area contributed by atoms with Crippen molar-refractivity contribution in [1.29, 1.82) is 0 Å². The second kappa shape index (κ2) is 8.39. The largest absolute Gasteiger partial charge is 0.495 e. The summed E-state index contributed by atoms with van der Waals surface area (Å²) in [6.45, 7) is 3.90. The Morgan fingerprint density at radius 1 is 0.821 bits per heavy atom. The van der Waals surface area contributed by atoms with Crippen LogP contribution in [0.5, 0.6) is 5.75 Å². The van der Waals surface area contributed by atoms with Crippen LogP contribution in [0.15, 0.2) is 66.7 Å². The van der Waals surface area contributed by atoms with Crippen molar-refractivity contribution in [2.24, 2.45) is 0 Å². The molecule has 0 saturated heterocycles. The predicted octanol–water partition coefficient (Wildman–Crippen LogP) is 4.82. The molecule has 3 aromatic carbocycles. The average molecular weight is 374 g/mol. The van der Waals surface area contributed by atoms with Gasteiger partial charge in [-0.3, -0.25) is 9.59 Å². The van der Waals surface area contributed by atoms with Crippen molar-refractivity contribution in [2.75, 3.05) is 17.7 Å². The van der Waals surface area contributed by atoms with Crippen LogP contribution in [0.2, 0.25) is 0 Å². The molecule has 0 saturated carbocycles. The molecule has 0 aromatic heterocycles. The lowest BCUT2D eigenvalue weighted by molar-refractivity contribution is 0.101. The Balaban J connectivity index is 1.69. The lowest BCUT2D eigenvalue weighted by atomic mass is 10.1.